The van der Waals surface area contributed by atoms with Crippen molar-refractivity contribution in [3.05, 3.63) is 35.4 Å². The normalized spacial score (nSPS) is 16.8. The maximum absolute atomic E-state index is 5.51. The average molecular weight is 203 g/mol. The summed E-state index contributed by atoms with van der Waals surface area (Å²) < 4.78 is 5.24. The third kappa shape index (κ3) is 2.05. The second-order valence-electron chi connectivity index (χ2n) is 3.83. The van der Waals surface area contributed by atoms with Gasteiger partial charge in [-0.3, -0.25) is 0 Å². The van der Waals surface area contributed by atoms with Crippen LogP contribution in [0, 0.1) is 0 Å². The quantitative estimate of drug-likeness (QED) is 0.818. The van der Waals surface area contributed by atoms with Crippen LogP contribution in [-0.4, -0.2) is 13.7 Å². The highest BCUT2D eigenvalue weighted by Crippen LogP contribution is 2.34. The van der Waals surface area contributed by atoms with Crippen LogP contribution in [0.15, 0.2) is 24.3 Å². The van der Waals surface area contributed by atoms with Crippen molar-refractivity contribution in [2.24, 2.45) is 5.73 Å². The summed E-state index contributed by atoms with van der Waals surface area (Å²) in [5.41, 5.74) is 9.72. The van der Waals surface area contributed by atoms with Crippen LogP contribution in [0.2, 0.25) is 0 Å². The number of fused-ring (bicyclic) bond motifs is 1. The first-order valence-corrected chi connectivity index (χ1v) is 5.41. The number of methoxy groups -OCH3 is 1. The maximum atomic E-state index is 5.51. The van der Waals surface area contributed by atoms with E-state index in [1.54, 1.807) is 7.11 Å². The molecule has 0 aliphatic heterocycles. The molecular formula is C13H17NO. The van der Waals surface area contributed by atoms with Gasteiger partial charge in [0.05, 0.1) is 7.11 Å². The van der Waals surface area contributed by atoms with Crippen molar-refractivity contribution in [3.63, 3.8) is 0 Å². The first-order valence-electron chi connectivity index (χ1n) is 5.41. The zero-order valence-corrected chi connectivity index (χ0v) is 9.12. The van der Waals surface area contributed by atoms with Crippen molar-refractivity contribution in [2.45, 2.75) is 19.3 Å². The van der Waals surface area contributed by atoms with E-state index < -0.39 is 0 Å². The Labute approximate surface area is 90.7 Å². The van der Waals surface area contributed by atoms with E-state index in [0.717, 1.165) is 31.6 Å². The fourth-order valence-corrected chi connectivity index (χ4v) is 2.07. The van der Waals surface area contributed by atoms with Crippen molar-refractivity contribution >= 4 is 5.57 Å². The van der Waals surface area contributed by atoms with Gasteiger partial charge in [0.1, 0.15) is 5.75 Å². The van der Waals surface area contributed by atoms with Gasteiger partial charge in [-0.05, 0) is 54.6 Å². The molecule has 1 aliphatic carbocycles. The molecule has 0 spiro atoms. The molecule has 2 nitrogen and oxygen atoms in total. The highest BCUT2D eigenvalue weighted by molar-refractivity contribution is 5.73. The number of hydrogen-bond donors (Lipinski definition) is 1. The Morgan fingerprint density at radius 1 is 1.40 bits per heavy atom. The number of allylic oxidation sites excluding steroid dienone is 1. The summed E-state index contributed by atoms with van der Waals surface area (Å²) in [5, 5.41) is 0. The minimum Gasteiger partial charge on any atom is -0.497 e. The van der Waals surface area contributed by atoms with Crippen molar-refractivity contribution in [1.29, 1.82) is 0 Å². The summed E-state index contributed by atoms with van der Waals surface area (Å²) in [6.07, 6.45) is 5.51. The topological polar surface area (TPSA) is 35.2 Å². The summed E-state index contributed by atoms with van der Waals surface area (Å²) in [6, 6.07) is 6.33. The van der Waals surface area contributed by atoms with Crippen LogP contribution in [0.25, 0.3) is 5.57 Å². The molecule has 1 aliphatic rings. The maximum Gasteiger partial charge on any atom is 0.119 e. The van der Waals surface area contributed by atoms with Crippen LogP contribution in [0.5, 0.6) is 5.75 Å². The Morgan fingerprint density at radius 3 is 3.00 bits per heavy atom. The lowest BCUT2D eigenvalue weighted by Gasteiger charge is -2.04. The molecule has 1 aromatic rings. The Bertz CT molecular complexity index is 382. The third-order valence-corrected chi connectivity index (χ3v) is 2.88. The van der Waals surface area contributed by atoms with E-state index in [1.165, 1.54) is 16.7 Å². The van der Waals surface area contributed by atoms with E-state index in [9.17, 15) is 0 Å². The molecule has 15 heavy (non-hydrogen) atoms. The second-order valence-corrected chi connectivity index (χ2v) is 3.83. The van der Waals surface area contributed by atoms with Gasteiger partial charge in [-0.15, -0.1) is 0 Å². The van der Waals surface area contributed by atoms with E-state index in [2.05, 4.69) is 18.2 Å². The predicted octanol–water partition coefficient (Wildman–Crippen LogP) is 2.37. The molecule has 0 unspecified atom stereocenters. The minimum absolute atomic E-state index is 0.725. The van der Waals surface area contributed by atoms with Gasteiger partial charge in [0.15, 0.2) is 0 Å². The smallest absolute Gasteiger partial charge is 0.119 e. The summed E-state index contributed by atoms with van der Waals surface area (Å²) >= 11 is 0. The Kier molecular flexibility index (Phi) is 3.07. The molecule has 0 bridgehead atoms. The Balaban J connectivity index is 2.31. The lowest BCUT2D eigenvalue weighted by atomic mass is 10.1. The highest BCUT2D eigenvalue weighted by atomic mass is 16.5. The van der Waals surface area contributed by atoms with E-state index in [1.807, 2.05) is 6.07 Å². The molecule has 1 aromatic carbocycles. The van der Waals surface area contributed by atoms with Gasteiger partial charge >= 0.3 is 0 Å². The van der Waals surface area contributed by atoms with E-state index in [4.69, 9.17) is 10.5 Å². The average Bonchev–Trinajstić information content (AvgIpc) is 2.68. The number of aryl methyl sites for hydroxylation is 1. The zero-order chi connectivity index (χ0) is 10.7. The van der Waals surface area contributed by atoms with Crippen molar-refractivity contribution in [2.75, 3.05) is 13.7 Å². The molecule has 0 radical (unpaired) electrons. The lowest BCUT2D eigenvalue weighted by Crippen LogP contribution is -1.96. The van der Waals surface area contributed by atoms with Gasteiger partial charge in [0.25, 0.3) is 0 Å². The second kappa shape index (κ2) is 4.49. The van der Waals surface area contributed by atoms with Crippen LogP contribution in [0.1, 0.15) is 24.0 Å². The lowest BCUT2D eigenvalue weighted by molar-refractivity contribution is 0.414. The van der Waals surface area contributed by atoms with Crippen LogP contribution < -0.4 is 10.5 Å². The molecule has 0 heterocycles. The molecule has 2 N–H and O–H groups in total. The number of nitrogens with two attached hydrogens (primary N) is 1. The zero-order valence-electron chi connectivity index (χ0n) is 9.12. The van der Waals surface area contributed by atoms with Crippen LogP contribution >= 0.6 is 0 Å². The Morgan fingerprint density at radius 2 is 2.27 bits per heavy atom. The molecule has 0 saturated carbocycles. The van der Waals surface area contributed by atoms with Crippen LogP contribution in [0.3, 0.4) is 0 Å². The van der Waals surface area contributed by atoms with Gasteiger partial charge < -0.3 is 10.5 Å². The number of benzene rings is 1. The molecule has 0 saturated heterocycles. The van der Waals surface area contributed by atoms with Gasteiger partial charge in [0, 0.05) is 0 Å². The molecule has 2 heteroatoms. The number of hydrogen-bond acceptors (Lipinski definition) is 2. The third-order valence-electron chi connectivity index (χ3n) is 2.88. The minimum atomic E-state index is 0.725. The summed E-state index contributed by atoms with van der Waals surface area (Å²) in [7, 11) is 1.71. The predicted molar refractivity (Wildman–Crippen MR) is 63.0 cm³/mol. The largest absolute Gasteiger partial charge is 0.497 e. The van der Waals surface area contributed by atoms with Crippen molar-refractivity contribution < 1.29 is 4.74 Å². The first kappa shape index (κ1) is 10.2. The molecule has 80 valence electrons. The molecule has 0 amide bonds. The van der Waals surface area contributed by atoms with Crippen molar-refractivity contribution in [3.8, 4) is 5.75 Å². The van der Waals surface area contributed by atoms with Gasteiger partial charge in [-0.25, -0.2) is 0 Å². The Hall–Kier alpha value is -1.28. The summed E-state index contributed by atoms with van der Waals surface area (Å²) in [5.74, 6) is 0.939. The highest BCUT2D eigenvalue weighted by Gasteiger charge is 2.15. The summed E-state index contributed by atoms with van der Waals surface area (Å²) in [6.45, 7) is 0.725. The van der Waals surface area contributed by atoms with Crippen LogP contribution in [-0.2, 0) is 6.42 Å². The number of rotatable bonds is 3. The first-order chi connectivity index (χ1) is 7.35. The van der Waals surface area contributed by atoms with E-state index in [-0.39, 0.29) is 0 Å². The number of ether oxygens (including phenoxy) is 1. The monoisotopic (exact) mass is 203 g/mol. The standard InChI is InChI=1S/C13H17NO/c1-15-12-7-6-11-5-4-10(3-2-8-14)13(11)9-12/h3,6-7,9H,2,4-5,8,14H2,1H3. The fourth-order valence-electron chi connectivity index (χ4n) is 2.07. The van der Waals surface area contributed by atoms with E-state index >= 15 is 0 Å². The SMILES string of the molecule is COc1ccc2c(c1)C(=CCCN)CC2. The fraction of sp³-hybridized carbons (Fsp3) is 0.385. The van der Waals surface area contributed by atoms with Gasteiger partial charge in [0.2, 0.25) is 0 Å². The molecule has 2 rings (SSSR count). The van der Waals surface area contributed by atoms with Crippen molar-refractivity contribution in [1.82, 2.24) is 0 Å². The summed E-state index contributed by atoms with van der Waals surface area (Å²) in [4.78, 5) is 0. The van der Waals surface area contributed by atoms with Gasteiger partial charge in [-0.2, -0.15) is 0 Å². The molecular weight excluding hydrogens is 186 g/mol. The van der Waals surface area contributed by atoms with Crippen LogP contribution in [0.4, 0.5) is 0 Å². The molecule has 0 aromatic heterocycles. The van der Waals surface area contributed by atoms with E-state index in [0.29, 0.717) is 0 Å². The molecule has 0 atom stereocenters. The molecule has 0 fully saturated rings. The van der Waals surface area contributed by atoms with Gasteiger partial charge in [-0.1, -0.05) is 12.1 Å².